The van der Waals surface area contributed by atoms with Gasteiger partial charge in [-0.05, 0) is 0 Å². The van der Waals surface area contributed by atoms with E-state index >= 15 is 0 Å². The number of nitrogens with zero attached hydrogens (tertiary/aromatic N) is 4. The van der Waals surface area contributed by atoms with Crippen LogP contribution in [0, 0.1) is 0 Å². The Morgan fingerprint density at radius 3 is 2.47 bits per heavy atom. The van der Waals surface area contributed by atoms with Gasteiger partial charge in [0.05, 0.1) is 17.4 Å². The first-order valence-corrected chi connectivity index (χ1v) is 6.28. The predicted molar refractivity (Wildman–Crippen MR) is 74.6 cm³/mol. The molecular weight excluding hydrogens is 283 g/mol. The second kappa shape index (κ2) is 4.99. The molecule has 0 unspecified atom stereocenters. The molecule has 0 radical (unpaired) electrons. The maximum Gasteiger partial charge on any atom is 0.163 e. The molecule has 0 aliphatic heterocycles. The van der Waals surface area contributed by atoms with Crippen molar-refractivity contribution in [3.8, 4) is 17.2 Å². The van der Waals surface area contributed by atoms with Gasteiger partial charge in [-0.1, -0.05) is 53.5 Å². The van der Waals surface area contributed by atoms with Crippen LogP contribution in [0.1, 0.15) is 0 Å². The number of rotatable bonds is 2. The maximum atomic E-state index is 6.03. The molecule has 1 aromatic carbocycles. The SMILES string of the molecule is Clc1cnn(-c2cc(Cl)nc(-c3ccccc3)n2)c1. The van der Waals surface area contributed by atoms with E-state index in [9.17, 15) is 0 Å². The third-order valence-electron chi connectivity index (χ3n) is 2.50. The Kier molecular flexibility index (Phi) is 3.19. The third-order valence-corrected chi connectivity index (χ3v) is 2.89. The van der Waals surface area contributed by atoms with Gasteiger partial charge in [0, 0.05) is 11.6 Å². The van der Waals surface area contributed by atoms with Crippen LogP contribution >= 0.6 is 23.2 Å². The zero-order valence-electron chi connectivity index (χ0n) is 9.66. The average molecular weight is 291 g/mol. The van der Waals surface area contributed by atoms with Crippen LogP contribution < -0.4 is 0 Å². The smallest absolute Gasteiger partial charge is 0.163 e. The van der Waals surface area contributed by atoms with E-state index in [1.807, 2.05) is 30.3 Å². The second-order valence-electron chi connectivity index (χ2n) is 3.84. The Labute approximate surface area is 119 Å². The van der Waals surface area contributed by atoms with Gasteiger partial charge in [0.25, 0.3) is 0 Å². The summed E-state index contributed by atoms with van der Waals surface area (Å²) >= 11 is 11.9. The van der Waals surface area contributed by atoms with E-state index in [2.05, 4.69) is 15.1 Å². The van der Waals surface area contributed by atoms with Crippen molar-refractivity contribution in [2.45, 2.75) is 0 Å². The van der Waals surface area contributed by atoms with Crippen LogP contribution in [0.5, 0.6) is 0 Å². The van der Waals surface area contributed by atoms with Crippen LogP contribution in [0.3, 0.4) is 0 Å². The summed E-state index contributed by atoms with van der Waals surface area (Å²) in [5.41, 5.74) is 0.893. The summed E-state index contributed by atoms with van der Waals surface area (Å²) in [6.07, 6.45) is 3.20. The predicted octanol–water partition coefficient (Wildman–Crippen LogP) is 3.64. The minimum atomic E-state index is 0.357. The molecule has 0 amide bonds. The lowest BCUT2D eigenvalue weighted by atomic mass is 10.2. The van der Waals surface area contributed by atoms with Gasteiger partial charge in [-0.2, -0.15) is 5.10 Å². The molecule has 0 bridgehead atoms. The Hall–Kier alpha value is -1.91. The average Bonchev–Trinajstić information content (AvgIpc) is 2.86. The van der Waals surface area contributed by atoms with Crippen molar-refractivity contribution in [3.63, 3.8) is 0 Å². The van der Waals surface area contributed by atoms with Crippen LogP contribution in [-0.2, 0) is 0 Å². The minimum Gasteiger partial charge on any atom is -0.221 e. The summed E-state index contributed by atoms with van der Waals surface area (Å²) in [5, 5.41) is 4.99. The van der Waals surface area contributed by atoms with Gasteiger partial charge in [-0.25, -0.2) is 14.6 Å². The van der Waals surface area contributed by atoms with Crippen molar-refractivity contribution in [1.29, 1.82) is 0 Å². The molecule has 4 nitrogen and oxygen atoms in total. The van der Waals surface area contributed by atoms with Crippen LogP contribution in [-0.4, -0.2) is 19.7 Å². The number of benzene rings is 1. The second-order valence-corrected chi connectivity index (χ2v) is 4.67. The van der Waals surface area contributed by atoms with Crippen molar-refractivity contribution in [1.82, 2.24) is 19.7 Å². The molecule has 3 rings (SSSR count). The molecule has 0 saturated heterocycles. The molecular formula is C13H8Cl2N4. The summed E-state index contributed by atoms with van der Waals surface area (Å²) < 4.78 is 1.56. The highest BCUT2D eigenvalue weighted by molar-refractivity contribution is 6.30. The first-order valence-electron chi connectivity index (χ1n) is 5.53. The molecule has 2 aromatic heterocycles. The lowest BCUT2D eigenvalue weighted by Gasteiger charge is -2.05. The molecule has 0 spiro atoms. The fourth-order valence-electron chi connectivity index (χ4n) is 1.67. The van der Waals surface area contributed by atoms with Crippen molar-refractivity contribution in [2.24, 2.45) is 0 Å². The standard InChI is InChI=1S/C13H8Cl2N4/c14-10-7-16-19(8-10)12-6-11(15)17-13(18-12)9-4-2-1-3-5-9/h1-8H. The molecule has 3 aromatic rings. The third kappa shape index (κ3) is 2.59. The largest absolute Gasteiger partial charge is 0.221 e. The zero-order chi connectivity index (χ0) is 13.2. The Morgan fingerprint density at radius 2 is 1.79 bits per heavy atom. The van der Waals surface area contributed by atoms with E-state index in [0.717, 1.165) is 5.56 Å². The minimum absolute atomic E-state index is 0.357. The summed E-state index contributed by atoms with van der Waals surface area (Å²) in [6.45, 7) is 0. The Morgan fingerprint density at radius 1 is 1.00 bits per heavy atom. The molecule has 19 heavy (non-hydrogen) atoms. The molecule has 0 N–H and O–H groups in total. The quantitative estimate of drug-likeness (QED) is 0.677. The monoisotopic (exact) mass is 290 g/mol. The van der Waals surface area contributed by atoms with Gasteiger partial charge < -0.3 is 0 Å². The normalized spacial score (nSPS) is 10.6. The molecule has 0 aliphatic rings. The van der Waals surface area contributed by atoms with Gasteiger partial charge in [0.2, 0.25) is 0 Å². The van der Waals surface area contributed by atoms with E-state index in [4.69, 9.17) is 23.2 Å². The Bertz CT molecular complexity index is 710. The highest BCUT2D eigenvalue weighted by atomic mass is 35.5. The van der Waals surface area contributed by atoms with Crippen LogP contribution in [0.15, 0.2) is 48.8 Å². The van der Waals surface area contributed by atoms with E-state index < -0.39 is 0 Å². The van der Waals surface area contributed by atoms with Gasteiger partial charge in [0.15, 0.2) is 11.6 Å². The summed E-state index contributed by atoms with van der Waals surface area (Å²) in [4.78, 5) is 8.65. The van der Waals surface area contributed by atoms with Crippen LogP contribution in [0.25, 0.3) is 17.2 Å². The van der Waals surface area contributed by atoms with E-state index in [1.54, 1.807) is 23.1 Å². The van der Waals surface area contributed by atoms with Crippen molar-refractivity contribution in [3.05, 3.63) is 59.0 Å². The van der Waals surface area contributed by atoms with Gasteiger partial charge in [-0.15, -0.1) is 0 Å². The van der Waals surface area contributed by atoms with Gasteiger partial charge in [-0.3, -0.25) is 0 Å². The lowest BCUT2D eigenvalue weighted by Crippen LogP contribution is -2.01. The molecule has 0 saturated carbocycles. The number of aromatic nitrogens is 4. The molecule has 0 fully saturated rings. The van der Waals surface area contributed by atoms with Crippen LogP contribution in [0.2, 0.25) is 10.2 Å². The van der Waals surface area contributed by atoms with E-state index in [-0.39, 0.29) is 0 Å². The number of hydrogen-bond donors (Lipinski definition) is 0. The molecule has 2 heterocycles. The number of halogens is 2. The maximum absolute atomic E-state index is 6.03. The van der Waals surface area contributed by atoms with E-state index in [0.29, 0.717) is 21.8 Å². The lowest BCUT2D eigenvalue weighted by molar-refractivity contribution is 0.842. The summed E-state index contributed by atoms with van der Waals surface area (Å²) in [5.74, 6) is 1.13. The molecule has 6 heteroatoms. The van der Waals surface area contributed by atoms with Gasteiger partial charge in [0.1, 0.15) is 5.15 Å². The Balaban J connectivity index is 2.11. The number of hydrogen-bond acceptors (Lipinski definition) is 3. The van der Waals surface area contributed by atoms with E-state index in [1.165, 1.54) is 0 Å². The molecule has 94 valence electrons. The highest BCUT2D eigenvalue weighted by Gasteiger charge is 2.08. The fourth-order valence-corrected chi connectivity index (χ4v) is 1.98. The van der Waals surface area contributed by atoms with Crippen molar-refractivity contribution in [2.75, 3.05) is 0 Å². The van der Waals surface area contributed by atoms with Crippen molar-refractivity contribution >= 4 is 23.2 Å². The topological polar surface area (TPSA) is 43.6 Å². The van der Waals surface area contributed by atoms with Gasteiger partial charge >= 0.3 is 0 Å². The molecule has 0 aliphatic carbocycles. The highest BCUT2D eigenvalue weighted by Crippen LogP contribution is 2.20. The van der Waals surface area contributed by atoms with Crippen molar-refractivity contribution < 1.29 is 0 Å². The molecule has 0 atom stereocenters. The fraction of sp³-hybridized carbons (Fsp3) is 0. The summed E-state index contributed by atoms with van der Waals surface area (Å²) in [7, 11) is 0. The van der Waals surface area contributed by atoms with Crippen LogP contribution in [0.4, 0.5) is 0 Å². The zero-order valence-corrected chi connectivity index (χ0v) is 11.2. The first-order chi connectivity index (χ1) is 9.22. The first kappa shape index (κ1) is 12.1. The summed E-state index contributed by atoms with van der Waals surface area (Å²) in [6, 6.07) is 11.3.